The third kappa shape index (κ3) is 2.79. The molecule has 2 N–H and O–H groups in total. The van der Waals surface area contributed by atoms with Gasteiger partial charge >= 0.3 is 6.18 Å². The van der Waals surface area contributed by atoms with Crippen LogP contribution in [-0.2, 0) is 12.7 Å². The summed E-state index contributed by atoms with van der Waals surface area (Å²) in [4.78, 5) is 0. The van der Waals surface area contributed by atoms with Gasteiger partial charge in [-0.1, -0.05) is 30.3 Å². The minimum absolute atomic E-state index is 0.0770. The Morgan fingerprint density at radius 3 is 2.26 bits per heavy atom. The highest BCUT2D eigenvalue weighted by atomic mass is 19.4. The van der Waals surface area contributed by atoms with E-state index in [1.54, 1.807) is 0 Å². The Morgan fingerprint density at radius 2 is 1.68 bits per heavy atom. The van der Waals surface area contributed by atoms with E-state index in [1.165, 1.54) is 6.07 Å². The normalized spacial score (nSPS) is 11.6. The lowest BCUT2D eigenvalue weighted by atomic mass is 9.94. The molecule has 1 nitrogen and oxygen atoms in total. The average molecular weight is 265 g/mol. The number of nitrogens with two attached hydrogens (primary N) is 1. The largest absolute Gasteiger partial charge is 0.416 e. The zero-order chi connectivity index (χ0) is 14.0. The molecule has 0 atom stereocenters. The van der Waals surface area contributed by atoms with Crippen LogP contribution in [0.25, 0.3) is 11.1 Å². The lowest BCUT2D eigenvalue weighted by Crippen LogP contribution is -2.08. The third-order valence-corrected chi connectivity index (χ3v) is 3.09. The van der Waals surface area contributed by atoms with Crippen LogP contribution >= 0.6 is 0 Å². The van der Waals surface area contributed by atoms with E-state index in [-0.39, 0.29) is 6.54 Å². The van der Waals surface area contributed by atoms with Gasteiger partial charge in [0.25, 0.3) is 0 Å². The fourth-order valence-electron chi connectivity index (χ4n) is 2.08. The second kappa shape index (κ2) is 5.05. The third-order valence-electron chi connectivity index (χ3n) is 3.09. The van der Waals surface area contributed by atoms with Gasteiger partial charge < -0.3 is 5.73 Å². The van der Waals surface area contributed by atoms with E-state index < -0.39 is 11.7 Å². The van der Waals surface area contributed by atoms with E-state index in [4.69, 9.17) is 5.73 Å². The van der Waals surface area contributed by atoms with E-state index in [9.17, 15) is 13.2 Å². The van der Waals surface area contributed by atoms with Crippen molar-refractivity contribution in [2.45, 2.75) is 19.6 Å². The van der Waals surface area contributed by atoms with E-state index in [2.05, 4.69) is 0 Å². The Labute approximate surface area is 109 Å². The molecule has 0 aliphatic carbocycles. The van der Waals surface area contributed by atoms with Crippen LogP contribution in [0.1, 0.15) is 16.7 Å². The Morgan fingerprint density at radius 1 is 1.00 bits per heavy atom. The smallest absolute Gasteiger partial charge is 0.326 e. The van der Waals surface area contributed by atoms with Gasteiger partial charge in [0.15, 0.2) is 0 Å². The maximum absolute atomic E-state index is 12.7. The summed E-state index contributed by atoms with van der Waals surface area (Å²) in [6.45, 7) is 2.00. The molecule has 0 aliphatic rings. The monoisotopic (exact) mass is 265 g/mol. The number of halogens is 3. The van der Waals surface area contributed by atoms with E-state index in [0.29, 0.717) is 5.56 Å². The molecule has 0 unspecified atom stereocenters. The quantitative estimate of drug-likeness (QED) is 0.867. The first-order valence-corrected chi connectivity index (χ1v) is 5.89. The van der Waals surface area contributed by atoms with Crippen LogP contribution in [0.15, 0.2) is 42.5 Å². The first-order chi connectivity index (χ1) is 8.93. The van der Waals surface area contributed by atoms with Gasteiger partial charge in [0.1, 0.15) is 0 Å². The van der Waals surface area contributed by atoms with Crippen molar-refractivity contribution in [2.24, 2.45) is 5.73 Å². The molecule has 19 heavy (non-hydrogen) atoms. The molecule has 0 aromatic heterocycles. The molecule has 4 heteroatoms. The molecular weight excluding hydrogens is 251 g/mol. The molecule has 0 spiro atoms. The van der Waals surface area contributed by atoms with Gasteiger partial charge in [-0.05, 0) is 41.3 Å². The van der Waals surface area contributed by atoms with Crippen LogP contribution in [0.5, 0.6) is 0 Å². The van der Waals surface area contributed by atoms with Crippen molar-refractivity contribution in [3.8, 4) is 11.1 Å². The van der Waals surface area contributed by atoms with Gasteiger partial charge in [0.2, 0.25) is 0 Å². The van der Waals surface area contributed by atoms with E-state index in [0.717, 1.165) is 28.8 Å². The molecule has 0 saturated heterocycles. The van der Waals surface area contributed by atoms with Crippen LogP contribution in [0, 0.1) is 6.92 Å². The Kier molecular flexibility index (Phi) is 3.62. The van der Waals surface area contributed by atoms with Crippen LogP contribution in [0.2, 0.25) is 0 Å². The lowest BCUT2D eigenvalue weighted by Gasteiger charge is -2.14. The summed E-state index contributed by atoms with van der Waals surface area (Å²) >= 11 is 0. The maximum Gasteiger partial charge on any atom is 0.416 e. The van der Waals surface area contributed by atoms with Gasteiger partial charge in [-0.2, -0.15) is 13.2 Å². The van der Waals surface area contributed by atoms with Gasteiger partial charge in [-0.3, -0.25) is 0 Å². The fourth-order valence-corrected chi connectivity index (χ4v) is 2.08. The Bertz CT molecular complexity index is 588. The molecule has 2 aromatic carbocycles. The summed E-state index contributed by atoms with van der Waals surface area (Å²) in [6, 6.07) is 11.3. The van der Waals surface area contributed by atoms with Crippen molar-refractivity contribution in [3.05, 3.63) is 59.2 Å². The number of hydrogen-bond acceptors (Lipinski definition) is 1. The zero-order valence-corrected chi connectivity index (χ0v) is 10.5. The second-order valence-electron chi connectivity index (χ2n) is 4.39. The van der Waals surface area contributed by atoms with Crippen molar-refractivity contribution in [3.63, 3.8) is 0 Å². The highest BCUT2D eigenvalue weighted by Gasteiger charge is 2.30. The predicted octanol–water partition coefficient (Wildman–Crippen LogP) is 4.14. The molecule has 100 valence electrons. The van der Waals surface area contributed by atoms with Crippen molar-refractivity contribution in [1.82, 2.24) is 0 Å². The molecule has 2 rings (SSSR count). The number of benzene rings is 2. The lowest BCUT2D eigenvalue weighted by molar-refractivity contribution is -0.137. The summed E-state index contributed by atoms with van der Waals surface area (Å²) in [5.74, 6) is 0. The summed E-state index contributed by atoms with van der Waals surface area (Å²) in [7, 11) is 0. The summed E-state index contributed by atoms with van der Waals surface area (Å²) in [5, 5.41) is 0. The van der Waals surface area contributed by atoms with Gasteiger partial charge in [0.05, 0.1) is 5.56 Å². The number of rotatable bonds is 2. The first-order valence-electron chi connectivity index (χ1n) is 5.89. The minimum atomic E-state index is -4.34. The maximum atomic E-state index is 12.7. The highest BCUT2D eigenvalue weighted by molar-refractivity contribution is 5.71. The Hall–Kier alpha value is -1.81. The summed E-state index contributed by atoms with van der Waals surface area (Å²) in [6.07, 6.45) is -4.34. The molecule has 0 heterocycles. The Balaban J connectivity index is 2.57. The van der Waals surface area contributed by atoms with Crippen LogP contribution in [0.4, 0.5) is 13.2 Å². The molecule has 0 amide bonds. The SMILES string of the molecule is Cc1ccccc1-c1ccc(C(F)(F)F)cc1CN. The molecular formula is C15H14F3N. The molecule has 0 saturated carbocycles. The van der Waals surface area contributed by atoms with Crippen LogP contribution in [-0.4, -0.2) is 0 Å². The fraction of sp³-hybridized carbons (Fsp3) is 0.200. The van der Waals surface area contributed by atoms with Crippen molar-refractivity contribution < 1.29 is 13.2 Å². The van der Waals surface area contributed by atoms with Gasteiger partial charge in [-0.25, -0.2) is 0 Å². The standard InChI is InChI=1S/C15H14F3N/c1-10-4-2-3-5-13(10)14-7-6-12(15(16,17)18)8-11(14)9-19/h2-8H,9,19H2,1H3. The van der Waals surface area contributed by atoms with E-state index in [1.807, 2.05) is 31.2 Å². The number of aryl methyl sites for hydroxylation is 1. The summed E-state index contributed by atoms with van der Waals surface area (Å²) in [5.41, 5.74) is 8.11. The average Bonchev–Trinajstić information content (AvgIpc) is 2.37. The van der Waals surface area contributed by atoms with Crippen molar-refractivity contribution >= 4 is 0 Å². The van der Waals surface area contributed by atoms with Crippen LogP contribution in [0.3, 0.4) is 0 Å². The second-order valence-corrected chi connectivity index (χ2v) is 4.39. The summed E-state index contributed by atoms with van der Waals surface area (Å²) < 4.78 is 38.0. The van der Waals surface area contributed by atoms with Gasteiger partial charge in [0, 0.05) is 6.54 Å². The number of hydrogen-bond donors (Lipinski definition) is 1. The molecule has 0 bridgehead atoms. The topological polar surface area (TPSA) is 26.0 Å². The molecule has 0 fully saturated rings. The predicted molar refractivity (Wildman–Crippen MR) is 69.5 cm³/mol. The minimum Gasteiger partial charge on any atom is -0.326 e. The van der Waals surface area contributed by atoms with Crippen LogP contribution < -0.4 is 5.73 Å². The van der Waals surface area contributed by atoms with Crippen molar-refractivity contribution in [2.75, 3.05) is 0 Å². The highest BCUT2D eigenvalue weighted by Crippen LogP contribution is 2.34. The first kappa shape index (κ1) is 13.6. The number of alkyl halides is 3. The molecule has 0 aliphatic heterocycles. The molecule has 2 aromatic rings. The van der Waals surface area contributed by atoms with Crippen molar-refractivity contribution in [1.29, 1.82) is 0 Å². The van der Waals surface area contributed by atoms with Gasteiger partial charge in [-0.15, -0.1) is 0 Å². The zero-order valence-electron chi connectivity index (χ0n) is 10.5. The molecule has 0 radical (unpaired) electrons. The van der Waals surface area contributed by atoms with E-state index >= 15 is 0 Å².